The van der Waals surface area contributed by atoms with Crippen molar-refractivity contribution in [3.8, 4) is 0 Å². The third kappa shape index (κ3) is 5.69. The van der Waals surface area contributed by atoms with Crippen LogP contribution in [0.3, 0.4) is 0 Å². The lowest BCUT2D eigenvalue weighted by molar-refractivity contribution is -0.141. The summed E-state index contributed by atoms with van der Waals surface area (Å²) in [7, 11) is 0. The smallest absolute Gasteiger partial charge is 0.326 e. The topological polar surface area (TPSA) is 66.4 Å². The molecule has 0 heterocycles. The molecule has 0 saturated carbocycles. The summed E-state index contributed by atoms with van der Waals surface area (Å²) in [6.45, 7) is 3.96. The summed E-state index contributed by atoms with van der Waals surface area (Å²) in [6.07, 6.45) is 5.19. The van der Waals surface area contributed by atoms with Gasteiger partial charge in [-0.05, 0) is 25.0 Å². The number of unbranched alkanes of at least 4 members (excludes halogenated alkanes) is 1. The summed E-state index contributed by atoms with van der Waals surface area (Å²) in [6, 6.07) is 6.92. The minimum absolute atomic E-state index is 0.380. The summed E-state index contributed by atoms with van der Waals surface area (Å²) in [4.78, 5) is 22.7. The second kappa shape index (κ2) is 8.15. The van der Waals surface area contributed by atoms with Gasteiger partial charge in [0.25, 0.3) is 0 Å². The van der Waals surface area contributed by atoms with Gasteiger partial charge in [0.05, 0.1) is 0 Å². The number of hydrogen-bond donors (Lipinski definition) is 2. The molecule has 0 aliphatic carbocycles. The number of carboxylic acids is 1. The van der Waals surface area contributed by atoms with E-state index in [1.807, 2.05) is 38.1 Å². The molecule has 0 aromatic heterocycles. The molecule has 0 aliphatic rings. The third-order valence-electron chi connectivity index (χ3n) is 2.93. The van der Waals surface area contributed by atoms with Gasteiger partial charge in [-0.1, -0.05) is 49.6 Å². The Morgan fingerprint density at radius 3 is 2.75 bits per heavy atom. The Hall–Kier alpha value is -2.10. The Morgan fingerprint density at radius 1 is 1.40 bits per heavy atom. The lowest BCUT2D eigenvalue weighted by atomic mass is 10.1. The van der Waals surface area contributed by atoms with E-state index in [2.05, 4.69) is 5.32 Å². The van der Waals surface area contributed by atoms with E-state index in [4.69, 9.17) is 5.11 Å². The molecule has 0 saturated heterocycles. The number of carboxylic acid groups (broad SMARTS) is 1. The molecular weight excluding hydrogens is 254 g/mol. The molecule has 0 aliphatic heterocycles. The van der Waals surface area contributed by atoms with Crippen LogP contribution in [0.25, 0.3) is 6.08 Å². The van der Waals surface area contributed by atoms with Gasteiger partial charge in [0.2, 0.25) is 5.91 Å². The Balaban J connectivity index is 2.59. The van der Waals surface area contributed by atoms with Crippen LogP contribution in [0.1, 0.15) is 37.3 Å². The van der Waals surface area contributed by atoms with Gasteiger partial charge >= 0.3 is 5.97 Å². The number of benzene rings is 1. The van der Waals surface area contributed by atoms with Crippen LogP contribution in [-0.2, 0) is 9.59 Å². The summed E-state index contributed by atoms with van der Waals surface area (Å²) in [5.74, 6) is -1.37. The highest BCUT2D eigenvalue weighted by molar-refractivity contribution is 5.94. The van der Waals surface area contributed by atoms with Gasteiger partial charge in [0.1, 0.15) is 6.04 Å². The summed E-state index contributed by atoms with van der Waals surface area (Å²) in [5, 5.41) is 11.5. The first kappa shape index (κ1) is 16.0. The normalized spacial score (nSPS) is 12.3. The lowest BCUT2D eigenvalue weighted by Crippen LogP contribution is -2.39. The second-order valence-corrected chi connectivity index (χ2v) is 4.79. The number of amides is 1. The maximum absolute atomic E-state index is 11.7. The van der Waals surface area contributed by atoms with Gasteiger partial charge in [-0.3, -0.25) is 4.79 Å². The van der Waals surface area contributed by atoms with Crippen LogP contribution in [0.4, 0.5) is 0 Å². The quantitative estimate of drug-likeness (QED) is 0.752. The van der Waals surface area contributed by atoms with Crippen LogP contribution in [0, 0.1) is 6.92 Å². The molecule has 4 heteroatoms. The highest BCUT2D eigenvalue weighted by Crippen LogP contribution is 2.06. The minimum atomic E-state index is -0.990. The van der Waals surface area contributed by atoms with Gasteiger partial charge in [0.15, 0.2) is 0 Å². The Labute approximate surface area is 119 Å². The maximum Gasteiger partial charge on any atom is 0.326 e. The van der Waals surface area contributed by atoms with Gasteiger partial charge in [-0.15, -0.1) is 0 Å². The molecule has 4 nitrogen and oxygen atoms in total. The van der Waals surface area contributed by atoms with Crippen molar-refractivity contribution in [1.82, 2.24) is 5.32 Å². The maximum atomic E-state index is 11.7. The molecule has 108 valence electrons. The molecule has 2 N–H and O–H groups in total. The Bertz CT molecular complexity index is 494. The van der Waals surface area contributed by atoms with Crippen molar-refractivity contribution in [2.24, 2.45) is 0 Å². The van der Waals surface area contributed by atoms with Crippen LogP contribution >= 0.6 is 0 Å². The van der Waals surface area contributed by atoms with Crippen LogP contribution in [0.15, 0.2) is 30.3 Å². The fraction of sp³-hybridized carbons (Fsp3) is 0.375. The van der Waals surface area contributed by atoms with Crippen LogP contribution in [0.5, 0.6) is 0 Å². The van der Waals surface area contributed by atoms with E-state index in [0.717, 1.165) is 24.0 Å². The average Bonchev–Trinajstić information content (AvgIpc) is 2.41. The first-order valence-electron chi connectivity index (χ1n) is 6.81. The van der Waals surface area contributed by atoms with Crippen molar-refractivity contribution >= 4 is 18.0 Å². The zero-order chi connectivity index (χ0) is 15.0. The van der Waals surface area contributed by atoms with Crippen molar-refractivity contribution in [2.75, 3.05) is 0 Å². The van der Waals surface area contributed by atoms with Crippen molar-refractivity contribution < 1.29 is 14.7 Å². The molecule has 0 spiro atoms. The molecule has 0 fully saturated rings. The van der Waals surface area contributed by atoms with E-state index >= 15 is 0 Å². The van der Waals surface area contributed by atoms with E-state index in [9.17, 15) is 9.59 Å². The molecule has 20 heavy (non-hydrogen) atoms. The van der Waals surface area contributed by atoms with E-state index < -0.39 is 12.0 Å². The zero-order valence-electron chi connectivity index (χ0n) is 11.9. The van der Waals surface area contributed by atoms with Gasteiger partial charge in [-0.25, -0.2) is 4.79 Å². The number of carbonyl (C=O) groups is 2. The van der Waals surface area contributed by atoms with Crippen molar-refractivity contribution in [3.05, 3.63) is 41.5 Å². The monoisotopic (exact) mass is 275 g/mol. The Morgan fingerprint density at radius 2 is 2.15 bits per heavy atom. The summed E-state index contributed by atoms with van der Waals surface area (Å²) >= 11 is 0. The summed E-state index contributed by atoms with van der Waals surface area (Å²) in [5.41, 5.74) is 2.03. The lowest BCUT2D eigenvalue weighted by Gasteiger charge is -2.12. The molecule has 1 atom stereocenters. The molecule has 1 amide bonds. The molecule has 1 aromatic carbocycles. The standard InChI is InChI=1S/C16H21NO3/c1-3-4-8-14(16(19)20)17-15(18)10-9-13-7-5-6-12(2)11-13/h5-7,9-11,14H,3-4,8H2,1-2H3,(H,17,18)(H,19,20)/b10-9+. The summed E-state index contributed by atoms with van der Waals surface area (Å²) < 4.78 is 0. The highest BCUT2D eigenvalue weighted by Gasteiger charge is 2.17. The molecule has 1 unspecified atom stereocenters. The number of carbonyl (C=O) groups excluding carboxylic acids is 1. The molecular formula is C16H21NO3. The average molecular weight is 275 g/mol. The number of hydrogen-bond acceptors (Lipinski definition) is 2. The predicted molar refractivity (Wildman–Crippen MR) is 79.3 cm³/mol. The van der Waals surface area contributed by atoms with E-state index in [0.29, 0.717) is 6.42 Å². The fourth-order valence-corrected chi connectivity index (χ4v) is 1.83. The fourth-order valence-electron chi connectivity index (χ4n) is 1.83. The first-order valence-corrected chi connectivity index (χ1v) is 6.81. The molecule has 1 aromatic rings. The van der Waals surface area contributed by atoms with E-state index in [1.165, 1.54) is 6.08 Å². The third-order valence-corrected chi connectivity index (χ3v) is 2.93. The first-order chi connectivity index (χ1) is 9.52. The van der Waals surface area contributed by atoms with E-state index in [-0.39, 0.29) is 5.91 Å². The largest absolute Gasteiger partial charge is 0.480 e. The Kier molecular flexibility index (Phi) is 6.50. The van der Waals surface area contributed by atoms with E-state index in [1.54, 1.807) is 6.08 Å². The molecule has 1 rings (SSSR count). The molecule has 0 bridgehead atoms. The van der Waals surface area contributed by atoms with Gasteiger partial charge < -0.3 is 10.4 Å². The number of aliphatic carboxylic acids is 1. The second-order valence-electron chi connectivity index (χ2n) is 4.79. The number of rotatable bonds is 7. The predicted octanol–water partition coefficient (Wildman–Crippen LogP) is 2.77. The van der Waals surface area contributed by atoms with Crippen molar-refractivity contribution in [2.45, 2.75) is 39.2 Å². The van der Waals surface area contributed by atoms with Gasteiger partial charge in [-0.2, -0.15) is 0 Å². The zero-order valence-corrected chi connectivity index (χ0v) is 11.9. The van der Waals surface area contributed by atoms with Crippen molar-refractivity contribution in [1.29, 1.82) is 0 Å². The van der Waals surface area contributed by atoms with Crippen LogP contribution in [0.2, 0.25) is 0 Å². The SMILES string of the molecule is CCCCC(NC(=O)/C=C/c1cccc(C)c1)C(=O)O. The highest BCUT2D eigenvalue weighted by atomic mass is 16.4. The number of nitrogens with one attached hydrogen (secondary N) is 1. The van der Waals surface area contributed by atoms with Gasteiger partial charge in [0, 0.05) is 6.08 Å². The van der Waals surface area contributed by atoms with Crippen molar-refractivity contribution in [3.63, 3.8) is 0 Å². The van der Waals surface area contributed by atoms with Crippen LogP contribution < -0.4 is 5.32 Å². The van der Waals surface area contributed by atoms with Crippen LogP contribution in [-0.4, -0.2) is 23.0 Å². The minimum Gasteiger partial charge on any atom is -0.480 e. The molecule has 0 radical (unpaired) electrons. The number of aryl methyl sites for hydroxylation is 1.